The summed E-state index contributed by atoms with van der Waals surface area (Å²) < 4.78 is 44.5. The van der Waals surface area contributed by atoms with E-state index in [1.807, 2.05) is 0 Å². The number of para-hydroxylation sites is 1. The van der Waals surface area contributed by atoms with Crippen molar-refractivity contribution >= 4 is 39.6 Å². The van der Waals surface area contributed by atoms with Gasteiger partial charge < -0.3 is 9.15 Å². The minimum absolute atomic E-state index is 0.000587. The molecule has 0 aliphatic carbocycles. The lowest BCUT2D eigenvalue weighted by Gasteiger charge is -2.20. The predicted octanol–water partition coefficient (Wildman–Crippen LogP) is 1.33. The normalized spacial score (nSPS) is 11.2. The van der Waals surface area contributed by atoms with Crippen molar-refractivity contribution in [1.29, 1.82) is 0 Å². The number of hydrogen-bond donors (Lipinski definition) is 2. The maximum Gasteiger partial charge on any atom is 0.437 e. The Morgan fingerprint density at radius 3 is 2.63 bits per heavy atom. The van der Waals surface area contributed by atoms with Crippen molar-refractivity contribution in [2.24, 2.45) is 7.05 Å². The summed E-state index contributed by atoms with van der Waals surface area (Å²) in [5, 5.41) is 5.84. The molecule has 0 saturated carbocycles. The Labute approximate surface area is 173 Å². The highest BCUT2D eigenvalue weighted by atomic mass is 35.5. The number of nitrogens with zero attached hydrogens (tertiary/aromatic N) is 5. The molecule has 2 aromatic heterocycles. The number of benzene rings is 1. The summed E-state index contributed by atoms with van der Waals surface area (Å²) in [6, 6.07) is 5.31. The fourth-order valence-corrected chi connectivity index (χ4v) is 3.17. The Morgan fingerprint density at radius 1 is 1.33 bits per heavy atom. The van der Waals surface area contributed by atoms with Crippen molar-refractivity contribution in [2.75, 3.05) is 16.7 Å². The van der Waals surface area contributed by atoms with Crippen molar-refractivity contribution in [3.05, 3.63) is 46.0 Å². The van der Waals surface area contributed by atoms with Crippen molar-refractivity contribution < 1.29 is 26.9 Å². The maximum atomic E-state index is 12.7. The fraction of sp³-hybridized carbons (Fsp3) is 0.133. The molecule has 2 heterocycles. The summed E-state index contributed by atoms with van der Waals surface area (Å²) in [5.74, 6) is -1.48. The second-order valence-electron chi connectivity index (χ2n) is 5.54. The van der Waals surface area contributed by atoms with Crippen LogP contribution in [0.15, 0.2) is 39.5 Å². The molecule has 0 bridgehead atoms. The number of urea groups is 1. The zero-order valence-electron chi connectivity index (χ0n) is 15.3. The van der Waals surface area contributed by atoms with E-state index in [1.165, 1.54) is 44.5 Å². The highest BCUT2D eigenvalue weighted by Crippen LogP contribution is 2.31. The molecule has 0 radical (unpaired) electrons. The van der Waals surface area contributed by atoms with Crippen LogP contribution in [0.1, 0.15) is 0 Å². The van der Waals surface area contributed by atoms with Crippen LogP contribution in [0.4, 0.5) is 16.4 Å². The van der Waals surface area contributed by atoms with Crippen molar-refractivity contribution in [1.82, 2.24) is 19.7 Å². The number of aryl methyl sites for hydroxylation is 1. The van der Waals surface area contributed by atoms with E-state index in [0.29, 0.717) is 0 Å². The van der Waals surface area contributed by atoms with Crippen molar-refractivity contribution in [2.45, 2.75) is 0 Å². The summed E-state index contributed by atoms with van der Waals surface area (Å²) >= 11 is 5.80. The molecule has 0 spiro atoms. The second-order valence-corrected chi connectivity index (χ2v) is 7.19. The Morgan fingerprint density at radius 2 is 2.03 bits per heavy atom. The summed E-state index contributed by atoms with van der Waals surface area (Å²) in [7, 11) is -2.54. The Hall–Kier alpha value is -3.49. The fourth-order valence-electron chi connectivity index (χ4n) is 2.33. The van der Waals surface area contributed by atoms with Gasteiger partial charge in [0.25, 0.3) is 5.89 Å². The molecule has 0 atom stereocenters. The van der Waals surface area contributed by atoms with Crippen LogP contribution >= 0.6 is 11.6 Å². The average molecular weight is 457 g/mol. The minimum atomic E-state index is -5.15. The third-order valence-corrected chi connectivity index (χ3v) is 4.57. The molecule has 3 aromatic rings. The van der Waals surface area contributed by atoms with Gasteiger partial charge in [-0.3, -0.25) is 9.87 Å². The van der Waals surface area contributed by atoms with Crippen LogP contribution in [0.3, 0.4) is 0 Å². The molecule has 0 aliphatic rings. The van der Waals surface area contributed by atoms with Gasteiger partial charge in [0, 0.05) is 13.1 Å². The lowest BCUT2D eigenvalue weighted by atomic mass is 10.2. The first kappa shape index (κ1) is 21.2. The van der Waals surface area contributed by atoms with Crippen LogP contribution in [0.5, 0.6) is 5.88 Å². The third kappa shape index (κ3) is 4.40. The largest absolute Gasteiger partial charge is 0.481 e. The molecule has 13 nitrogen and oxygen atoms in total. The van der Waals surface area contributed by atoms with Crippen LogP contribution in [-0.4, -0.2) is 45.9 Å². The third-order valence-electron chi connectivity index (χ3n) is 3.56. The van der Waals surface area contributed by atoms with E-state index in [9.17, 15) is 22.6 Å². The van der Waals surface area contributed by atoms with Crippen molar-refractivity contribution in [3.63, 3.8) is 0 Å². The molecule has 0 unspecified atom stereocenters. The first-order valence-corrected chi connectivity index (χ1v) is 9.68. The number of hydrogen-bond acceptors (Lipinski definition) is 9. The predicted molar refractivity (Wildman–Crippen MR) is 104 cm³/mol. The molecular weight excluding hydrogens is 444 g/mol. The van der Waals surface area contributed by atoms with E-state index in [4.69, 9.17) is 20.8 Å². The second kappa shape index (κ2) is 8.10. The SMILES string of the molecule is COc1cc(Cl)nc(NC(=O)N(c2ccccc2-c2nn(C)c(=O)o2)S(=O)(=O)O)n1. The topological polar surface area (TPSA) is 170 Å². The number of rotatable bonds is 5. The van der Waals surface area contributed by atoms with Gasteiger partial charge in [-0.25, -0.2) is 14.6 Å². The zero-order chi connectivity index (χ0) is 22.1. The number of anilines is 2. The molecule has 15 heteroatoms. The lowest BCUT2D eigenvalue weighted by Crippen LogP contribution is -2.40. The van der Waals surface area contributed by atoms with Crippen LogP contribution in [0.25, 0.3) is 11.5 Å². The van der Waals surface area contributed by atoms with Gasteiger partial charge in [-0.15, -0.1) is 5.10 Å². The summed E-state index contributed by atoms with van der Waals surface area (Å²) in [4.78, 5) is 31.9. The number of nitrogens with one attached hydrogen (secondary N) is 1. The van der Waals surface area contributed by atoms with E-state index in [-0.39, 0.29) is 38.4 Å². The van der Waals surface area contributed by atoms with Gasteiger partial charge in [-0.2, -0.15) is 22.4 Å². The van der Waals surface area contributed by atoms with Gasteiger partial charge in [-0.1, -0.05) is 23.7 Å². The number of aromatic nitrogens is 4. The van der Waals surface area contributed by atoms with Crippen LogP contribution in [0.2, 0.25) is 5.15 Å². The first-order chi connectivity index (χ1) is 14.1. The number of carbonyl (C=O) groups excluding carboxylic acids is 1. The number of methoxy groups -OCH3 is 1. The standard InChI is InChI=1S/C15H13ClN6O7S/c1-21-15(24)29-12(20-21)8-5-3-4-6-9(8)22(30(25,26)27)14(23)19-13-17-10(16)7-11(18-13)28-2/h3-7H,1-2H3,(H,25,26,27)(H,17,18,19,23). The molecule has 1 aromatic carbocycles. The molecule has 0 fully saturated rings. The first-order valence-electron chi connectivity index (χ1n) is 7.91. The van der Waals surface area contributed by atoms with Gasteiger partial charge in [0.2, 0.25) is 11.8 Å². The number of ether oxygens (including phenoxy) is 1. The molecular formula is C15H13ClN6O7S. The van der Waals surface area contributed by atoms with Crippen LogP contribution in [-0.2, 0) is 17.4 Å². The van der Waals surface area contributed by atoms with E-state index >= 15 is 0 Å². The number of amides is 2. The number of halogens is 1. The van der Waals surface area contributed by atoms with Gasteiger partial charge in [-0.05, 0) is 12.1 Å². The van der Waals surface area contributed by atoms with E-state index in [2.05, 4.69) is 20.4 Å². The quantitative estimate of drug-likeness (QED) is 0.421. The average Bonchev–Trinajstić information content (AvgIpc) is 2.99. The Kier molecular flexibility index (Phi) is 5.73. The Bertz CT molecular complexity index is 1270. The van der Waals surface area contributed by atoms with Crippen LogP contribution in [0, 0.1) is 0 Å². The minimum Gasteiger partial charge on any atom is -0.481 e. The molecule has 3 rings (SSSR count). The monoisotopic (exact) mass is 456 g/mol. The molecule has 0 aliphatic heterocycles. The van der Waals surface area contributed by atoms with Crippen molar-refractivity contribution in [3.8, 4) is 17.3 Å². The van der Waals surface area contributed by atoms with Gasteiger partial charge in [0.1, 0.15) is 5.15 Å². The Balaban J connectivity index is 2.08. The number of carbonyl (C=O) groups is 1. The highest BCUT2D eigenvalue weighted by molar-refractivity contribution is 7.88. The molecule has 158 valence electrons. The highest BCUT2D eigenvalue weighted by Gasteiger charge is 2.32. The summed E-state index contributed by atoms with van der Waals surface area (Å²) in [5.41, 5.74) is -0.416. The molecule has 0 saturated heterocycles. The molecule has 30 heavy (non-hydrogen) atoms. The lowest BCUT2D eigenvalue weighted by molar-refractivity contribution is 0.259. The molecule has 2 N–H and O–H groups in total. The van der Waals surface area contributed by atoms with Gasteiger partial charge >= 0.3 is 22.1 Å². The van der Waals surface area contributed by atoms with Gasteiger partial charge in [0.15, 0.2) is 0 Å². The maximum absolute atomic E-state index is 12.7. The van der Waals surface area contributed by atoms with Gasteiger partial charge in [0.05, 0.1) is 18.4 Å². The van der Waals surface area contributed by atoms with Crippen LogP contribution < -0.4 is 20.1 Å². The summed E-state index contributed by atoms with van der Waals surface area (Å²) in [6.45, 7) is 0. The summed E-state index contributed by atoms with van der Waals surface area (Å²) in [6.07, 6.45) is 0. The molecule has 2 amide bonds. The smallest absolute Gasteiger partial charge is 0.437 e. The van der Waals surface area contributed by atoms with E-state index in [1.54, 1.807) is 0 Å². The van der Waals surface area contributed by atoms with E-state index in [0.717, 1.165) is 4.68 Å². The van der Waals surface area contributed by atoms with E-state index < -0.39 is 22.1 Å². The zero-order valence-corrected chi connectivity index (χ0v) is 16.9.